The maximum Gasteiger partial charge on any atom is 0.254 e. The van der Waals surface area contributed by atoms with Crippen LogP contribution in [0.25, 0.3) is 0 Å². The van der Waals surface area contributed by atoms with Gasteiger partial charge in [-0.2, -0.15) is 0 Å². The van der Waals surface area contributed by atoms with Crippen LogP contribution in [0.1, 0.15) is 40.1 Å². The van der Waals surface area contributed by atoms with Gasteiger partial charge in [-0.3, -0.25) is 19.3 Å². The summed E-state index contributed by atoms with van der Waals surface area (Å²) in [7, 11) is 1.46. The Kier molecular flexibility index (Phi) is 9.24. The first-order valence-corrected chi connectivity index (χ1v) is 13.4. The number of allylic oxidation sites excluding steroid dienone is 1. The lowest BCUT2D eigenvalue weighted by Crippen LogP contribution is -2.50. The Morgan fingerprint density at radius 2 is 1.67 bits per heavy atom. The van der Waals surface area contributed by atoms with Gasteiger partial charge in [0.25, 0.3) is 5.91 Å². The molecule has 2 fully saturated rings. The summed E-state index contributed by atoms with van der Waals surface area (Å²) in [5, 5.41) is 0.245. The van der Waals surface area contributed by atoms with E-state index in [4.69, 9.17) is 16.3 Å². The number of carbonyl (C=O) groups excluding carboxylic acids is 3. The van der Waals surface area contributed by atoms with Gasteiger partial charge in [0.2, 0.25) is 5.91 Å². The molecule has 2 saturated heterocycles. The van der Waals surface area contributed by atoms with Crippen molar-refractivity contribution in [2.24, 2.45) is 0 Å². The van der Waals surface area contributed by atoms with Crippen molar-refractivity contribution in [3.63, 3.8) is 0 Å². The van der Waals surface area contributed by atoms with Crippen LogP contribution in [0.15, 0.2) is 48.7 Å². The Bertz CT molecular complexity index is 1240. The fourth-order valence-electron chi connectivity index (χ4n) is 5.00. The number of methoxy groups -OCH3 is 1. The standard InChI is InChI=1S/C29H34ClFN4O4/c1-20-18-32(19-22-4-6-23(31)7-5-22)10-11-33(20)9-8-27(37)24-17-28(39-3)26(30)16-25(24)29(38)35-14-12-34(13-15-35)21(2)36/h4-9,16-17,20H,10-15,18-19H2,1-3H3/t20-/m1/s1. The molecule has 0 aliphatic carbocycles. The van der Waals surface area contributed by atoms with E-state index in [1.54, 1.807) is 28.1 Å². The maximum absolute atomic E-state index is 13.4. The van der Waals surface area contributed by atoms with Gasteiger partial charge in [-0.1, -0.05) is 23.7 Å². The van der Waals surface area contributed by atoms with E-state index in [-0.39, 0.29) is 45.6 Å². The highest BCUT2D eigenvalue weighted by molar-refractivity contribution is 6.33. The van der Waals surface area contributed by atoms with E-state index < -0.39 is 0 Å². The van der Waals surface area contributed by atoms with E-state index >= 15 is 0 Å². The van der Waals surface area contributed by atoms with Crippen molar-refractivity contribution in [1.29, 1.82) is 0 Å². The molecule has 0 bridgehead atoms. The highest BCUT2D eigenvalue weighted by Gasteiger charge is 2.28. The minimum absolute atomic E-state index is 0.0267. The number of carbonyl (C=O) groups is 3. The van der Waals surface area contributed by atoms with Crippen molar-refractivity contribution in [3.8, 4) is 5.75 Å². The summed E-state index contributed by atoms with van der Waals surface area (Å²) in [5.41, 5.74) is 1.48. The SMILES string of the molecule is COc1cc(C(=O)C=CN2CCN(Cc3ccc(F)cc3)C[C@H]2C)c(C(=O)N2CCN(C(C)=O)CC2)cc1Cl. The Morgan fingerprint density at radius 1 is 1.00 bits per heavy atom. The predicted octanol–water partition coefficient (Wildman–Crippen LogP) is 3.69. The normalized spacial score (nSPS) is 18.5. The van der Waals surface area contributed by atoms with E-state index in [1.807, 2.05) is 0 Å². The summed E-state index contributed by atoms with van der Waals surface area (Å²) >= 11 is 6.34. The molecule has 4 rings (SSSR count). The molecule has 0 unspecified atom stereocenters. The van der Waals surface area contributed by atoms with Gasteiger partial charge in [0.15, 0.2) is 5.78 Å². The summed E-state index contributed by atoms with van der Waals surface area (Å²) in [6, 6.07) is 9.69. The first-order chi connectivity index (χ1) is 18.7. The average Bonchev–Trinajstić information content (AvgIpc) is 2.93. The van der Waals surface area contributed by atoms with Crippen molar-refractivity contribution >= 4 is 29.2 Å². The lowest BCUT2D eigenvalue weighted by atomic mass is 10.0. The summed E-state index contributed by atoms with van der Waals surface area (Å²) in [6.07, 6.45) is 3.27. The third-order valence-corrected chi connectivity index (χ3v) is 7.60. The second kappa shape index (κ2) is 12.6. The molecule has 2 amide bonds. The molecule has 10 heteroatoms. The molecule has 1 atom stereocenters. The number of amides is 2. The first kappa shape index (κ1) is 28.6. The summed E-state index contributed by atoms with van der Waals surface area (Å²) in [6.45, 7) is 8.29. The number of benzene rings is 2. The molecule has 8 nitrogen and oxygen atoms in total. The monoisotopic (exact) mass is 556 g/mol. The van der Waals surface area contributed by atoms with Crippen molar-refractivity contribution in [1.82, 2.24) is 19.6 Å². The molecule has 0 N–H and O–H groups in total. The van der Waals surface area contributed by atoms with Crippen LogP contribution in [0.3, 0.4) is 0 Å². The van der Waals surface area contributed by atoms with Crippen LogP contribution in [-0.4, -0.2) is 96.2 Å². The Morgan fingerprint density at radius 3 is 2.28 bits per heavy atom. The van der Waals surface area contributed by atoms with Crippen molar-refractivity contribution in [3.05, 3.63) is 76.2 Å². The van der Waals surface area contributed by atoms with Gasteiger partial charge in [-0.15, -0.1) is 0 Å². The molecular weight excluding hydrogens is 523 g/mol. The molecule has 2 heterocycles. The number of hydrogen-bond donors (Lipinski definition) is 0. The second-order valence-corrected chi connectivity index (χ2v) is 10.4. The minimum Gasteiger partial charge on any atom is -0.495 e. The first-order valence-electron chi connectivity index (χ1n) is 13.0. The van der Waals surface area contributed by atoms with Crippen LogP contribution in [0.5, 0.6) is 5.75 Å². The van der Waals surface area contributed by atoms with Crippen LogP contribution in [0.4, 0.5) is 4.39 Å². The van der Waals surface area contributed by atoms with E-state index in [2.05, 4.69) is 16.7 Å². The summed E-state index contributed by atoms with van der Waals surface area (Å²) in [4.78, 5) is 46.2. The van der Waals surface area contributed by atoms with E-state index in [1.165, 1.54) is 44.4 Å². The van der Waals surface area contributed by atoms with Crippen molar-refractivity contribution < 1.29 is 23.5 Å². The van der Waals surface area contributed by atoms with Crippen LogP contribution < -0.4 is 4.74 Å². The van der Waals surface area contributed by atoms with Crippen LogP contribution >= 0.6 is 11.6 Å². The highest BCUT2D eigenvalue weighted by atomic mass is 35.5. The lowest BCUT2D eigenvalue weighted by Gasteiger charge is -2.39. The van der Waals surface area contributed by atoms with E-state index in [9.17, 15) is 18.8 Å². The molecule has 2 aromatic carbocycles. The quantitative estimate of drug-likeness (QED) is 0.382. The smallest absolute Gasteiger partial charge is 0.254 e. The number of rotatable bonds is 7. The van der Waals surface area contributed by atoms with Gasteiger partial charge < -0.3 is 19.4 Å². The molecule has 2 aromatic rings. The zero-order valence-electron chi connectivity index (χ0n) is 22.5. The maximum atomic E-state index is 13.4. The fourth-order valence-corrected chi connectivity index (χ4v) is 5.24. The molecule has 208 valence electrons. The van der Waals surface area contributed by atoms with Gasteiger partial charge in [0.05, 0.1) is 17.7 Å². The number of ketones is 1. The minimum atomic E-state index is -0.323. The molecular formula is C29H34ClFN4O4. The fraction of sp³-hybridized carbons (Fsp3) is 0.414. The van der Waals surface area contributed by atoms with Crippen LogP contribution in [0, 0.1) is 5.82 Å². The van der Waals surface area contributed by atoms with Gasteiger partial charge in [-0.05, 0) is 36.8 Å². The van der Waals surface area contributed by atoms with Gasteiger partial charge in [-0.25, -0.2) is 4.39 Å². The van der Waals surface area contributed by atoms with Gasteiger partial charge in [0.1, 0.15) is 11.6 Å². The topological polar surface area (TPSA) is 73.4 Å². The average molecular weight is 557 g/mol. The Hall–Kier alpha value is -3.43. The van der Waals surface area contributed by atoms with Crippen LogP contribution in [-0.2, 0) is 11.3 Å². The molecule has 39 heavy (non-hydrogen) atoms. The van der Waals surface area contributed by atoms with E-state index in [0.29, 0.717) is 31.9 Å². The molecule has 2 aliphatic heterocycles. The van der Waals surface area contributed by atoms with Crippen molar-refractivity contribution in [2.75, 3.05) is 52.9 Å². The summed E-state index contributed by atoms with van der Waals surface area (Å²) < 4.78 is 18.5. The largest absolute Gasteiger partial charge is 0.495 e. The predicted molar refractivity (Wildman–Crippen MR) is 147 cm³/mol. The Labute approximate surface area is 233 Å². The Balaban J connectivity index is 1.45. The third kappa shape index (κ3) is 6.96. The molecule has 0 aromatic heterocycles. The van der Waals surface area contributed by atoms with Crippen LogP contribution in [0.2, 0.25) is 5.02 Å². The third-order valence-electron chi connectivity index (χ3n) is 7.30. The second-order valence-electron chi connectivity index (χ2n) is 9.96. The number of nitrogens with zero attached hydrogens (tertiary/aromatic N) is 4. The lowest BCUT2D eigenvalue weighted by molar-refractivity contribution is -0.130. The van der Waals surface area contributed by atoms with Gasteiger partial charge >= 0.3 is 0 Å². The number of hydrogen-bond acceptors (Lipinski definition) is 6. The summed E-state index contributed by atoms with van der Waals surface area (Å²) in [5.74, 6) is -0.584. The molecule has 0 radical (unpaired) electrons. The number of piperazine rings is 2. The molecule has 0 saturated carbocycles. The molecule has 2 aliphatic rings. The van der Waals surface area contributed by atoms with Gasteiger partial charge in [0, 0.05) is 83.2 Å². The number of halogens is 2. The zero-order chi connectivity index (χ0) is 28.1. The molecule has 0 spiro atoms. The zero-order valence-corrected chi connectivity index (χ0v) is 23.3. The van der Waals surface area contributed by atoms with E-state index in [0.717, 1.165) is 31.7 Å². The number of ether oxygens (including phenoxy) is 1. The highest BCUT2D eigenvalue weighted by Crippen LogP contribution is 2.30. The van der Waals surface area contributed by atoms with Crippen molar-refractivity contribution in [2.45, 2.75) is 26.4 Å².